The van der Waals surface area contributed by atoms with E-state index in [0.29, 0.717) is 17.5 Å². The number of hydrogen-bond acceptors (Lipinski definition) is 8. The van der Waals surface area contributed by atoms with E-state index in [1.165, 1.54) is 11.1 Å². The second-order valence-corrected chi connectivity index (χ2v) is 6.45. The second-order valence-electron chi connectivity index (χ2n) is 6.45. The lowest BCUT2D eigenvalue weighted by atomic mass is 10.0. The summed E-state index contributed by atoms with van der Waals surface area (Å²) in [6.45, 7) is 1.54. The highest BCUT2D eigenvalue weighted by Gasteiger charge is 2.25. The summed E-state index contributed by atoms with van der Waals surface area (Å²) in [4.78, 5) is 12.9. The molecule has 130 valence electrons. The van der Waals surface area contributed by atoms with E-state index in [4.69, 9.17) is 4.52 Å². The van der Waals surface area contributed by atoms with Gasteiger partial charge >= 0.3 is 0 Å². The van der Waals surface area contributed by atoms with Crippen LogP contribution in [0.25, 0.3) is 22.6 Å². The first-order chi connectivity index (χ1) is 12.7. The van der Waals surface area contributed by atoms with Crippen molar-refractivity contribution in [2.75, 3.05) is 23.9 Å². The van der Waals surface area contributed by atoms with E-state index in [1.54, 1.807) is 0 Å². The lowest BCUT2D eigenvalue weighted by Crippen LogP contribution is -2.14. The molecule has 5 rings (SSSR count). The van der Waals surface area contributed by atoms with Crippen LogP contribution in [0.15, 0.2) is 35.0 Å². The molecule has 0 bridgehead atoms. The maximum atomic E-state index is 5.47. The minimum absolute atomic E-state index is 0.539. The molecule has 0 saturated carbocycles. The lowest BCUT2D eigenvalue weighted by Gasteiger charge is -2.16. The van der Waals surface area contributed by atoms with E-state index in [-0.39, 0.29) is 0 Å². The van der Waals surface area contributed by atoms with Gasteiger partial charge in [0, 0.05) is 32.7 Å². The fraction of sp³-hybridized carbons (Fsp3) is 0.235. The lowest BCUT2D eigenvalue weighted by molar-refractivity contribution is 0.430. The Morgan fingerprint density at radius 1 is 1.19 bits per heavy atom. The molecule has 1 N–H and O–H groups in total. The van der Waals surface area contributed by atoms with Crippen LogP contribution in [0.4, 0.5) is 11.6 Å². The number of aromatic amines is 1. The summed E-state index contributed by atoms with van der Waals surface area (Å²) in [5.74, 6) is 1.10. The van der Waals surface area contributed by atoms with Crippen molar-refractivity contribution in [2.45, 2.75) is 13.1 Å². The minimum Gasteiger partial charge on any atom is -0.362 e. The highest BCUT2D eigenvalue weighted by atomic mass is 16.5. The Balaban J connectivity index is 1.50. The molecule has 0 amide bonds. The van der Waals surface area contributed by atoms with Crippen molar-refractivity contribution in [1.82, 2.24) is 30.5 Å². The number of benzene rings is 1. The van der Waals surface area contributed by atoms with Crippen LogP contribution in [-0.2, 0) is 13.1 Å². The van der Waals surface area contributed by atoms with Crippen molar-refractivity contribution in [1.29, 1.82) is 0 Å². The van der Waals surface area contributed by atoms with Gasteiger partial charge in [0.1, 0.15) is 5.52 Å². The monoisotopic (exact) mass is 348 g/mol. The van der Waals surface area contributed by atoms with E-state index in [1.807, 2.05) is 43.4 Å². The van der Waals surface area contributed by atoms with Gasteiger partial charge in [0.2, 0.25) is 5.65 Å². The van der Waals surface area contributed by atoms with E-state index >= 15 is 0 Å². The van der Waals surface area contributed by atoms with Crippen LogP contribution in [0.3, 0.4) is 0 Å². The average Bonchev–Trinajstić information content (AvgIpc) is 3.38. The number of hydrogen-bond donors (Lipinski definition) is 1. The third-order valence-corrected chi connectivity index (χ3v) is 4.55. The largest absolute Gasteiger partial charge is 0.362 e. The van der Waals surface area contributed by atoms with Crippen LogP contribution in [0.1, 0.15) is 11.1 Å². The van der Waals surface area contributed by atoms with Crippen molar-refractivity contribution in [2.24, 2.45) is 0 Å². The molecule has 1 aliphatic rings. The first-order valence-electron chi connectivity index (χ1n) is 8.22. The number of fused-ring (bicyclic) bond motifs is 2. The van der Waals surface area contributed by atoms with Gasteiger partial charge in [-0.25, -0.2) is 4.98 Å². The van der Waals surface area contributed by atoms with Gasteiger partial charge < -0.3 is 14.3 Å². The van der Waals surface area contributed by atoms with Crippen molar-refractivity contribution >= 4 is 22.8 Å². The molecule has 1 aliphatic heterocycles. The Hall–Kier alpha value is -3.49. The summed E-state index contributed by atoms with van der Waals surface area (Å²) in [5.41, 5.74) is 5.79. The zero-order chi connectivity index (χ0) is 17.7. The Morgan fingerprint density at radius 2 is 2.12 bits per heavy atom. The van der Waals surface area contributed by atoms with E-state index in [9.17, 15) is 0 Å². The molecule has 9 heteroatoms. The summed E-state index contributed by atoms with van der Waals surface area (Å²) in [5, 5.41) is 14.7. The van der Waals surface area contributed by atoms with Gasteiger partial charge in [-0.15, -0.1) is 5.10 Å². The van der Waals surface area contributed by atoms with Crippen LogP contribution in [0.2, 0.25) is 0 Å². The Bertz CT molecular complexity index is 1100. The molecule has 26 heavy (non-hydrogen) atoms. The summed E-state index contributed by atoms with van der Waals surface area (Å²) >= 11 is 0. The van der Waals surface area contributed by atoms with Crippen molar-refractivity contribution in [3.63, 3.8) is 0 Å². The van der Waals surface area contributed by atoms with Crippen LogP contribution in [0, 0.1) is 0 Å². The highest BCUT2D eigenvalue weighted by Crippen LogP contribution is 2.35. The van der Waals surface area contributed by atoms with Gasteiger partial charge in [-0.05, 0) is 28.4 Å². The predicted molar refractivity (Wildman–Crippen MR) is 95.6 cm³/mol. The molecule has 4 heterocycles. The third kappa shape index (κ3) is 2.28. The number of H-pyrrole nitrogens is 1. The molecular weight excluding hydrogens is 332 g/mol. The molecule has 0 unspecified atom stereocenters. The molecule has 4 aromatic rings. The molecule has 0 saturated heterocycles. The van der Waals surface area contributed by atoms with E-state index in [2.05, 4.69) is 41.5 Å². The zero-order valence-corrected chi connectivity index (χ0v) is 14.3. The van der Waals surface area contributed by atoms with Crippen LogP contribution >= 0.6 is 0 Å². The fourth-order valence-corrected chi connectivity index (χ4v) is 3.21. The maximum absolute atomic E-state index is 5.47. The zero-order valence-electron chi connectivity index (χ0n) is 14.3. The molecule has 9 nitrogen and oxygen atoms in total. The third-order valence-electron chi connectivity index (χ3n) is 4.55. The number of nitrogens with one attached hydrogen (secondary N) is 1. The molecule has 0 fully saturated rings. The predicted octanol–water partition coefficient (Wildman–Crippen LogP) is 1.99. The molecule has 0 aliphatic carbocycles. The summed E-state index contributed by atoms with van der Waals surface area (Å²) < 4.78 is 5.47. The fourth-order valence-electron chi connectivity index (χ4n) is 3.21. The first kappa shape index (κ1) is 14.8. The van der Waals surface area contributed by atoms with Crippen LogP contribution in [-0.4, -0.2) is 44.6 Å². The molecule has 1 aromatic carbocycles. The normalized spacial score (nSPS) is 13.4. The minimum atomic E-state index is 0.539. The van der Waals surface area contributed by atoms with Gasteiger partial charge in [-0.1, -0.05) is 12.1 Å². The topological polar surface area (TPSA) is 99.9 Å². The SMILES string of the molecule is CN(C)c1noc(-c2cccc3c2CN(c2cnc4n[nH]nc4c2)C3)n1. The van der Waals surface area contributed by atoms with Crippen molar-refractivity contribution in [3.05, 3.63) is 41.6 Å². The summed E-state index contributed by atoms with van der Waals surface area (Å²) in [6, 6.07) is 8.17. The van der Waals surface area contributed by atoms with Gasteiger partial charge in [-0.2, -0.15) is 15.3 Å². The number of aromatic nitrogens is 6. The maximum Gasteiger partial charge on any atom is 0.265 e. The van der Waals surface area contributed by atoms with Crippen LogP contribution in [0.5, 0.6) is 0 Å². The quantitative estimate of drug-likeness (QED) is 0.600. The number of rotatable bonds is 3. The van der Waals surface area contributed by atoms with Crippen LogP contribution < -0.4 is 9.80 Å². The molecule has 0 atom stereocenters. The summed E-state index contributed by atoms with van der Waals surface area (Å²) in [6.07, 6.45) is 1.83. The Morgan fingerprint density at radius 3 is 2.96 bits per heavy atom. The molecular formula is C17H16N8O. The van der Waals surface area contributed by atoms with Crippen molar-refractivity contribution < 1.29 is 4.52 Å². The van der Waals surface area contributed by atoms with E-state index < -0.39 is 0 Å². The van der Waals surface area contributed by atoms with Crippen molar-refractivity contribution in [3.8, 4) is 11.5 Å². The molecule has 3 aromatic heterocycles. The Kier molecular flexibility index (Phi) is 3.14. The molecule has 0 radical (unpaired) electrons. The average molecular weight is 348 g/mol. The molecule has 0 spiro atoms. The smallest absolute Gasteiger partial charge is 0.265 e. The van der Waals surface area contributed by atoms with Gasteiger partial charge in [0.25, 0.3) is 11.8 Å². The van der Waals surface area contributed by atoms with Gasteiger partial charge in [0.05, 0.1) is 11.9 Å². The van der Waals surface area contributed by atoms with Gasteiger partial charge in [-0.3, -0.25) is 0 Å². The summed E-state index contributed by atoms with van der Waals surface area (Å²) in [7, 11) is 3.78. The first-order valence-corrected chi connectivity index (χ1v) is 8.22. The van der Waals surface area contributed by atoms with E-state index in [0.717, 1.165) is 29.9 Å². The Labute approximate surface area is 148 Å². The second kappa shape index (κ2) is 5.51. The highest BCUT2D eigenvalue weighted by molar-refractivity contribution is 5.74. The standard InChI is InChI=1S/C17H16N8O/c1-24(2)17-19-16(26-22-17)12-5-3-4-10-8-25(9-13(10)12)11-6-14-15(18-7-11)21-23-20-14/h3-7H,8-9H2,1-2H3,(H,18,20,21,23). The van der Waals surface area contributed by atoms with Gasteiger partial charge in [0.15, 0.2) is 0 Å². The number of pyridine rings is 1. The number of nitrogens with zero attached hydrogens (tertiary/aromatic N) is 7. The number of anilines is 2.